The molecular weight excluding hydrogens is 563 g/mol. The number of hydrogen-bond acceptors (Lipinski definition) is 10. The topological polar surface area (TPSA) is 151 Å². The van der Waals surface area contributed by atoms with Crippen LogP contribution in [0.3, 0.4) is 0 Å². The normalized spacial score (nSPS) is 10.3. The van der Waals surface area contributed by atoms with Crippen molar-refractivity contribution in [3.05, 3.63) is 106 Å². The van der Waals surface area contributed by atoms with E-state index in [2.05, 4.69) is 42.4 Å². The van der Waals surface area contributed by atoms with Crippen LogP contribution < -0.4 is 0 Å². The molecule has 0 saturated heterocycles. The molecule has 0 atom stereocenters. The summed E-state index contributed by atoms with van der Waals surface area (Å²) < 4.78 is 10.4. The number of halogens is 2. The third-order valence-corrected chi connectivity index (χ3v) is 5.91. The predicted octanol–water partition coefficient (Wildman–Crippen LogP) is 6.96. The Kier molecular flexibility index (Phi) is 8.07. The summed E-state index contributed by atoms with van der Waals surface area (Å²) in [5.41, 5.74) is 4.60. The molecule has 0 aliphatic rings. The van der Waals surface area contributed by atoms with E-state index in [4.69, 9.17) is 42.8 Å². The molecule has 0 fully saturated rings. The highest BCUT2D eigenvalue weighted by Crippen LogP contribution is 2.24. The van der Waals surface area contributed by atoms with E-state index in [0.29, 0.717) is 61.6 Å². The minimum absolute atomic E-state index is 0.305. The van der Waals surface area contributed by atoms with Gasteiger partial charge in [0.1, 0.15) is 11.4 Å². The second kappa shape index (κ2) is 12.2. The fourth-order valence-electron chi connectivity index (χ4n) is 3.60. The molecule has 0 amide bonds. The number of benzene rings is 2. The lowest BCUT2D eigenvalue weighted by atomic mass is 10.1. The largest absolute Gasteiger partial charge is 0.332 e. The Balaban J connectivity index is 0.000000165. The standard InChI is InChI=1S/C15H9ClN4O.C14H7ClN4O/c1-9-4-10(7-17)6-11(5-9)14-19-15(21-20-14)13-3-2-12(16)8-18-13;15-11-4-5-12(17-8-11)14-18-13(19-20-14)10-3-1-2-9(6-10)7-16/h2-6,8H,1H3;1-6,8H. The average Bonchev–Trinajstić information content (AvgIpc) is 3.69. The van der Waals surface area contributed by atoms with Crippen LogP contribution in [-0.4, -0.2) is 30.2 Å². The van der Waals surface area contributed by atoms with Gasteiger partial charge in [0.05, 0.1) is 33.3 Å². The molecule has 10 nitrogen and oxygen atoms in total. The Bertz CT molecular complexity index is 1900. The zero-order chi connectivity index (χ0) is 28.8. The molecule has 12 heteroatoms. The number of nitrogens with zero attached hydrogens (tertiary/aromatic N) is 8. The summed E-state index contributed by atoms with van der Waals surface area (Å²) in [6.45, 7) is 1.91. The Morgan fingerprint density at radius 1 is 0.659 bits per heavy atom. The van der Waals surface area contributed by atoms with E-state index in [1.165, 1.54) is 12.4 Å². The molecule has 0 N–H and O–H groups in total. The minimum atomic E-state index is 0.305. The van der Waals surface area contributed by atoms with Crippen molar-refractivity contribution in [2.45, 2.75) is 6.92 Å². The molecule has 6 aromatic rings. The van der Waals surface area contributed by atoms with E-state index in [1.807, 2.05) is 19.1 Å². The van der Waals surface area contributed by atoms with Crippen LogP contribution in [0.4, 0.5) is 0 Å². The minimum Gasteiger partial charge on any atom is -0.332 e. The van der Waals surface area contributed by atoms with Gasteiger partial charge < -0.3 is 9.05 Å². The summed E-state index contributed by atoms with van der Waals surface area (Å²) in [7, 11) is 0. The number of aromatic nitrogens is 6. The van der Waals surface area contributed by atoms with Gasteiger partial charge in [-0.25, -0.2) is 9.97 Å². The molecule has 41 heavy (non-hydrogen) atoms. The van der Waals surface area contributed by atoms with Crippen molar-refractivity contribution in [3.63, 3.8) is 0 Å². The number of nitriles is 2. The molecule has 4 heterocycles. The molecule has 0 bridgehead atoms. The van der Waals surface area contributed by atoms with Crippen LogP contribution in [0, 0.1) is 29.6 Å². The van der Waals surface area contributed by atoms with Gasteiger partial charge in [0.15, 0.2) is 0 Å². The van der Waals surface area contributed by atoms with Gasteiger partial charge in [0, 0.05) is 23.5 Å². The summed E-state index contributed by atoms with van der Waals surface area (Å²) in [6, 6.07) is 23.4. The van der Waals surface area contributed by atoms with E-state index in [0.717, 1.165) is 11.1 Å². The monoisotopic (exact) mass is 578 g/mol. The number of rotatable bonds is 4. The quantitative estimate of drug-likeness (QED) is 0.214. The third-order valence-electron chi connectivity index (χ3n) is 5.46. The van der Waals surface area contributed by atoms with Gasteiger partial charge in [-0.3, -0.25) is 0 Å². The number of pyridine rings is 2. The first-order valence-corrected chi connectivity index (χ1v) is 12.6. The van der Waals surface area contributed by atoms with E-state index >= 15 is 0 Å². The lowest BCUT2D eigenvalue weighted by Crippen LogP contribution is -1.86. The highest BCUT2D eigenvalue weighted by Gasteiger charge is 2.13. The van der Waals surface area contributed by atoms with Crippen molar-refractivity contribution in [3.8, 4) is 58.1 Å². The van der Waals surface area contributed by atoms with Crippen molar-refractivity contribution >= 4 is 23.2 Å². The van der Waals surface area contributed by atoms with Gasteiger partial charge in [0.2, 0.25) is 11.6 Å². The van der Waals surface area contributed by atoms with Crippen LogP contribution in [0.2, 0.25) is 10.0 Å². The summed E-state index contributed by atoms with van der Waals surface area (Å²) >= 11 is 11.6. The van der Waals surface area contributed by atoms with Gasteiger partial charge in [-0.2, -0.15) is 20.5 Å². The van der Waals surface area contributed by atoms with Crippen LogP contribution >= 0.6 is 23.2 Å². The third kappa shape index (κ3) is 6.60. The average molecular weight is 579 g/mol. The van der Waals surface area contributed by atoms with Crippen LogP contribution in [0.5, 0.6) is 0 Å². The molecule has 6 rings (SSSR count). The number of aryl methyl sites for hydroxylation is 1. The SMILES string of the molecule is Cc1cc(C#N)cc(-c2noc(-c3ccc(Cl)cn3)n2)c1.N#Cc1cccc(-c2noc(-c3ccc(Cl)cn3)n2)c1. The van der Waals surface area contributed by atoms with Crippen molar-refractivity contribution in [2.75, 3.05) is 0 Å². The Morgan fingerprint density at radius 3 is 1.76 bits per heavy atom. The molecule has 4 aromatic heterocycles. The molecule has 0 aliphatic heterocycles. The summed E-state index contributed by atoms with van der Waals surface area (Å²) in [5, 5.41) is 26.8. The second-order valence-corrected chi connectivity index (χ2v) is 9.33. The summed E-state index contributed by atoms with van der Waals surface area (Å²) in [4.78, 5) is 16.8. The molecule has 0 unspecified atom stereocenters. The fraction of sp³-hybridized carbons (Fsp3) is 0.0345. The molecular formula is C29H16Cl2N8O2. The fourth-order valence-corrected chi connectivity index (χ4v) is 3.82. The number of hydrogen-bond donors (Lipinski definition) is 0. The maximum absolute atomic E-state index is 9.01. The molecule has 2 aromatic carbocycles. The predicted molar refractivity (Wildman–Crippen MR) is 150 cm³/mol. The Morgan fingerprint density at radius 2 is 1.22 bits per heavy atom. The Labute approximate surface area is 243 Å². The summed E-state index contributed by atoms with van der Waals surface area (Å²) in [5.74, 6) is 1.44. The van der Waals surface area contributed by atoms with Crippen LogP contribution in [-0.2, 0) is 0 Å². The summed E-state index contributed by atoms with van der Waals surface area (Å²) in [6.07, 6.45) is 3.03. The van der Waals surface area contributed by atoms with Gasteiger partial charge >= 0.3 is 0 Å². The first kappa shape index (κ1) is 27.2. The van der Waals surface area contributed by atoms with E-state index in [9.17, 15) is 0 Å². The maximum atomic E-state index is 9.01. The first-order chi connectivity index (χ1) is 19.9. The highest BCUT2D eigenvalue weighted by atomic mass is 35.5. The maximum Gasteiger partial charge on any atom is 0.276 e. The van der Waals surface area contributed by atoms with Gasteiger partial charge in [-0.05, 0) is 67.1 Å². The van der Waals surface area contributed by atoms with E-state index in [-0.39, 0.29) is 0 Å². The smallest absolute Gasteiger partial charge is 0.276 e. The molecule has 0 spiro atoms. The van der Waals surface area contributed by atoms with Crippen LogP contribution in [0.1, 0.15) is 16.7 Å². The lowest BCUT2D eigenvalue weighted by molar-refractivity contribution is 0.431. The second-order valence-electron chi connectivity index (χ2n) is 8.46. The van der Waals surface area contributed by atoms with Crippen LogP contribution in [0.25, 0.3) is 45.9 Å². The highest BCUT2D eigenvalue weighted by molar-refractivity contribution is 6.30. The Hall–Kier alpha value is -5.42. The van der Waals surface area contributed by atoms with Gasteiger partial charge in [-0.15, -0.1) is 0 Å². The van der Waals surface area contributed by atoms with Crippen molar-refractivity contribution in [1.82, 2.24) is 30.2 Å². The molecule has 0 radical (unpaired) electrons. The first-order valence-electron chi connectivity index (χ1n) is 11.9. The lowest BCUT2D eigenvalue weighted by Gasteiger charge is -1.98. The van der Waals surface area contributed by atoms with Crippen molar-refractivity contribution < 1.29 is 9.05 Å². The van der Waals surface area contributed by atoms with Gasteiger partial charge in [-0.1, -0.05) is 45.6 Å². The molecule has 0 aliphatic carbocycles. The molecule has 198 valence electrons. The zero-order valence-electron chi connectivity index (χ0n) is 21.2. The van der Waals surface area contributed by atoms with E-state index in [1.54, 1.807) is 54.6 Å². The van der Waals surface area contributed by atoms with Crippen molar-refractivity contribution in [2.24, 2.45) is 0 Å². The van der Waals surface area contributed by atoms with Crippen molar-refractivity contribution in [1.29, 1.82) is 10.5 Å². The van der Waals surface area contributed by atoms with E-state index < -0.39 is 0 Å². The van der Waals surface area contributed by atoms with Crippen LogP contribution in [0.15, 0.2) is 88.2 Å². The van der Waals surface area contributed by atoms with Gasteiger partial charge in [0.25, 0.3) is 11.8 Å². The molecule has 0 saturated carbocycles. The zero-order valence-corrected chi connectivity index (χ0v) is 22.7.